The fraction of sp³-hybridized carbons (Fsp3) is 0.429. The first-order chi connectivity index (χ1) is 9.86. The number of hydrogen-bond donors (Lipinski definition) is 1. The summed E-state index contributed by atoms with van der Waals surface area (Å²) < 4.78 is 11.6. The summed E-state index contributed by atoms with van der Waals surface area (Å²) in [6.07, 6.45) is 0.741. The second kappa shape index (κ2) is 6.19. The topological polar surface area (TPSA) is 56.3 Å². The Bertz CT molecular complexity index is 573. The molecule has 106 valence electrons. The van der Waals surface area contributed by atoms with Gasteiger partial charge in [0.2, 0.25) is 0 Å². The average Bonchev–Trinajstić information content (AvgIpc) is 2.96. The maximum absolute atomic E-state index is 5.92. The number of para-hydroxylation sites is 2. The fourth-order valence-corrected chi connectivity index (χ4v) is 2.87. The van der Waals surface area contributed by atoms with Crippen LogP contribution < -0.4 is 14.8 Å². The van der Waals surface area contributed by atoms with Crippen LogP contribution in [-0.4, -0.2) is 29.9 Å². The van der Waals surface area contributed by atoms with Crippen molar-refractivity contribution in [2.45, 2.75) is 19.4 Å². The van der Waals surface area contributed by atoms with Crippen LogP contribution in [0, 0.1) is 0 Å². The lowest BCUT2D eigenvalue weighted by atomic mass is 10.3. The molecule has 1 N–H and O–H groups in total. The standard InChI is InChI=1S/C14H17N3O2S/c1-2-15-8-7-13-16-17-14(20-13)12-9-18-10-5-3-4-6-11(10)19-12/h3-6,12,15H,2,7-9H2,1H3. The van der Waals surface area contributed by atoms with Gasteiger partial charge in [0, 0.05) is 13.0 Å². The Morgan fingerprint density at radius 3 is 3.00 bits per heavy atom. The second-order valence-electron chi connectivity index (χ2n) is 4.50. The minimum atomic E-state index is -0.157. The highest BCUT2D eigenvalue weighted by Gasteiger charge is 2.25. The van der Waals surface area contributed by atoms with E-state index in [0.717, 1.165) is 41.0 Å². The molecule has 0 fully saturated rings. The molecule has 2 heterocycles. The van der Waals surface area contributed by atoms with Crippen LogP contribution in [0.25, 0.3) is 0 Å². The molecule has 0 radical (unpaired) electrons. The third kappa shape index (κ3) is 2.91. The van der Waals surface area contributed by atoms with E-state index in [-0.39, 0.29) is 6.10 Å². The van der Waals surface area contributed by atoms with Crippen molar-refractivity contribution in [3.8, 4) is 11.5 Å². The summed E-state index contributed by atoms with van der Waals surface area (Å²) in [6, 6.07) is 7.70. The first-order valence-electron chi connectivity index (χ1n) is 6.78. The summed E-state index contributed by atoms with van der Waals surface area (Å²) >= 11 is 1.60. The van der Waals surface area contributed by atoms with Crippen molar-refractivity contribution < 1.29 is 9.47 Å². The van der Waals surface area contributed by atoms with E-state index in [1.54, 1.807) is 11.3 Å². The molecule has 0 aliphatic carbocycles. The third-order valence-electron chi connectivity index (χ3n) is 3.03. The first-order valence-corrected chi connectivity index (χ1v) is 7.60. The molecular formula is C14H17N3O2S. The van der Waals surface area contributed by atoms with Gasteiger partial charge in [0.1, 0.15) is 11.6 Å². The van der Waals surface area contributed by atoms with E-state index in [2.05, 4.69) is 22.4 Å². The molecule has 6 heteroatoms. The molecule has 0 saturated heterocycles. The summed E-state index contributed by atoms with van der Waals surface area (Å²) in [5, 5.41) is 13.6. The highest BCUT2D eigenvalue weighted by Crippen LogP contribution is 2.36. The molecule has 0 saturated carbocycles. The summed E-state index contributed by atoms with van der Waals surface area (Å²) in [6.45, 7) is 4.48. The van der Waals surface area contributed by atoms with Crippen molar-refractivity contribution in [1.29, 1.82) is 0 Å². The van der Waals surface area contributed by atoms with Crippen LogP contribution in [0.1, 0.15) is 23.0 Å². The molecule has 0 bridgehead atoms. The van der Waals surface area contributed by atoms with Crippen molar-refractivity contribution in [3.63, 3.8) is 0 Å². The highest BCUT2D eigenvalue weighted by molar-refractivity contribution is 7.11. The van der Waals surface area contributed by atoms with Crippen LogP contribution in [0.4, 0.5) is 0 Å². The molecule has 20 heavy (non-hydrogen) atoms. The Balaban J connectivity index is 1.66. The summed E-state index contributed by atoms with van der Waals surface area (Å²) in [5.41, 5.74) is 0. The van der Waals surface area contributed by atoms with Crippen LogP contribution in [0.15, 0.2) is 24.3 Å². The number of hydrogen-bond acceptors (Lipinski definition) is 6. The number of fused-ring (bicyclic) bond motifs is 1. The number of nitrogens with one attached hydrogen (secondary N) is 1. The molecule has 1 aromatic carbocycles. The molecule has 1 aliphatic heterocycles. The molecule has 5 nitrogen and oxygen atoms in total. The predicted octanol–water partition coefficient (Wildman–Crippen LogP) is 2.20. The summed E-state index contributed by atoms with van der Waals surface area (Å²) in [4.78, 5) is 0. The number of likely N-dealkylation sites (N-methyl/N-ethyl adjacent to an activating group) is 1. The zero-order valence-corrected chi connectivity index (χ0v) is 12.2. The van der Waals surface area contributed by atoms with Crippen LogP contribution in [0.3, 0.4) is 0 Å². The van der Waals surface area contributed by atoms with Crippen molar-refractivity contribution >= 4 is 11.3 Å². The van der Waals surface area contributed by atoms with Gasteiger partial charge in [0.05, 0.1) is 0 Å². The Morgan fingerprint density at radius 1 is 1.30 bits per heavy atom. The normalized spacial score (nSPS) is 17.1. The minimum Gasteiger partial charge on any atom is -0.485 e. The van der Waals surface area contributed by atoms with Gasteiger partial charge in [-0.1, -0.05) is 30.4 Å². The van der Waals surface area contributed by atoms with Crippen LogP contribution >= 0.6 is 11.3 Å². The number of benzene rings is 1. The van der Waals surface area contributed by atoms with E-state index in [4.69, 9.17) is 9.47 Å². The van der Waals surface area contributed by atoms with E-state index < -0.39 is 0 Å². The largest absolute Gasteiger partial charge is 0.485 e. The van der Waals surface area contributed by atoms with Crippen LogP contribution in [-0.2, 0) is 6.42 Å². The fourth-order valence-electron chi connectivity index (χ4n) is 2.01. The van der Waals surface area contributed by atoms with E-state index in [0.29, 0.717) is 6.61 Å². The van der Waals surface area contributed by atoms with Gasteiger partial charge in [-0.25, -0.2) is 0 Å². The molecule has 1 aromatic heterocycles. The smallest absolute Gasteiger partial charge is 0.186 e. The SMILES string of the molecule is CCNCCc1nnc(C2COc3ccccc3O2)s1. The van der Waals surface area contributed by atoms with E-state index in [1.165, 1.54) is 0 Å². The Labute approximate surface area is 121 Å². The monoisotopic (exact) mass is 291 g/mol. The van der Waals surface area contributed by atoms with Gasteiger partial charge < -0.3 is 14.8 Å². The Morgan fingerprint density at radius 2 is 2.15 bits per heavy atom. The molecule has 3 rings (SSSR count). The number of aromatic nitrogens is 2. The molecule has 1 atom stereocenters. The summed E-state index contributed by atoms with van der Waals surface area (Å²) in [7, 11) is 0. The van der Waals surface area contributed by atoms with Crippen LogP contribution in [0.2, 0.25) is 0 Å². The molecule has 2 aromatic rings. The lowest BCUT2D eigenvalue weighted by Crippen LogP contribution is -2.21. The maximum Gasteiger partial charge on any atom is 0.186 e. The summed E-state index contributed by atoms with van der Waals surface area (Å²) in [5.74, 6) is 1.56. The van der Waals surface area contributed by atoms with E-state index in [9.17, 15) is 0 Å². The zero-order chi connectivity index (χ0) is 13.8. The highest BCUT2D eigenvalue weighted by atomic mass is 32.1. The van der Waals surface area contributed by atoms with Crippen molar-refractivity contribution in [2.75, 3.05) is 19.7 Å². The molecule has 0 spiro atoms. The molecule has 1 unspecified atom stereocenters. The van der Waals surface area contributed by atoms with Gasteiger partial charge >= 0.3 is 0 Å². The van der Waals surface area contributed by atoms with Crippen molar-refractivity contribution in [1.82, 2.24) is 15.5 Å². The lowest BCUT2D eigenvalue weighted by molar-refractivity contribution is 0.0906. The quantitative estimate of drug-likeness (QED) is 0.856. The van der Waals surface area contributed by atoms with Gasteiger partial charge in [-0.3, -0.25) is 0 Å². The van der Waals surface area contributed by atoms with Gasteiger partial charge in [0.25, 0.3) is 0 Å². The second-order valence-corrected chi connectivity index (χ2v) is 5.60. The Kier molecular flexibility index (Phi) is 4.13. The average molecular weight is 291 g/mol. The Hall–Kier alpha value is -1.66. The lowest BCUT2D eigenvalue weighted by Gasteiger charge is -2.24. The van der Waals surface area contributed by atoms with E-state index in [1.807, 2.05) is 24.3 Å². The van der Waals surface area contributed by atoms with Crippen molar-refractivity contribution in [3.05, 3.63) is 34.3 Å². The number of rotatable bonds is 5. The minimum absolute atomic E-state index is 0.157. The van der Waals surface area contributed by atoms with Crippen molar-refractivity contribution in [2.24, 2.45) is 0 Å². The van der Waals surface area contributed by atoms with Crippen LogP contribution in [0.5, 0.6) is 11.5 Å². The van der Waals surface area contributed by atoms with Gasteiger partial charge in [-0.15, -0.1) is 10.2 Å². The number of ether oxygens (including phenoxy) is 2. The van der Waals surface area contributed by atoms with Gasteiger partial charge in [-0.2, -0.15) is 0 Å². The molecule has 0 amide bonds. The predicted molar refractivity (Wildman–Crippen MR) is 77.5 cm³/mol. The van der Waals surface area contributed by atoms with E-state index >= 15 is 0 Å². The molecule has 1 aliphatic rings. The van der Waals surface area contributed by atoms with Gasteiger partial charge in [0.15, 0.2) is 22.6 Å². The van der Waals surface area contributed by atoms with Gasteiger partial charge in [-0.05, 0) is 18.7 Å². The third-order valence-corrected chi connectivity index (χ3v) is 4.11. The molecular weight excluding hydrogens is 274 g/mol. The zero-order valence-electron chi connectivity index (χ0n) is 11.3. The first kappa shape index (κ1) is 13.3. The maximum atomic E-state index is 5.92. The number of nitrogens with zero attached hydrogens (tertiary/aromatic N) is 2.